The molecular formula is C21H19F3N2O5S2. The summed E-state index contributed by atoms with van der Waals surface area (Å²) in [5, 5.41) is 0. The molecule has 12 heteroatoms. The van der Waals surface area contributed by atoms with Gasteiger partial charge in [-0.3, -0.25) is 9.69 Å². The SMILES string of the molecule is O=C(C1=Cc2ccccc2S1(=O)=O)N1CCN(Cc2ccc(S(=O)(=O)C(F)(F)F)cc2)CC1. The van der Waals surface area contributed by atoms with Gasteiger partial charge in [-0.2, -0.15) is 13.2 Å². The highest BCUT2D eigenvalue weighted by atomic mass is 32.2. The number of alkyl halides is 3. The summed E-state index contributed by atoms with van der Waals surface area (Å²) in [6, 6.07) is 10.9. The van der Waals surface area contributed by atoms with Crippen molar-refractivity contribution in [1.29, 1.82) is 0 Å². The fraction of sp³-hybridized carbons (Fsp3) is 0.286. The lowest BCUT2D eigenvalue weighted by Crippen LogP contribution is -2.49. The molecule has 0 N–H and O–H groups in total. The number of hydrogen-bond donors (Lipinski definition) is 0. The van der Waals surface area contributed by atoms with E-state index in [1.165, 1.54) is 29.2 Å². The van der Waals surface area contributed by atoms with Crippen LogP contribution in [0.5, 0.6) is 0 Å². The summed E-state index contributed by atoms with van der Waals surface area (Å²) in [6.45, 7) is 1.76. The van der Waals surface area contributed by atoms with Crippen LogP contribution in [0.3, 0.4) is 0 Å². The Morgan fingerprint density at radius 2 is 1.55 bits per heavy atom. The maximum atomic E-state index is 12.9. The van der Waals surface area contributed by atoms with Crippen LogP contribution in [0.4, 0.5) is 13.2 Å². The number of hydrogen-bond acceptors (Lipinski definition) is 6. The van der Waals surface area contributed by atoms with Crippen molar-refractivity contribution < 1.29 is 34.8 Å². The molecule has 2 aliphatic heterocycles. The van der Waals surface area contributed by atoms with Crippen LogP contribution >= 0.6 is 0 Å². The number of sulfone groups is 2. The van der Waals surface area contributed by atoms with E-state index in [1.54, 1.807) is 18.2 Å². The Bertz CT molecular complexity index is 1330. The molecule has 0 spiro atoms. The minimum absolute atomic E-state index is 0.114. The molecule has 1 amide bonds. The topological polar surface area (TPSA) is 91.8 Å². The smallest absolute Gasteiger partial charge is 0.335 e. The molecule has 1 fully saturated rings. The molecule has 33 heavy (non-hydrogen) atoms. The van der Waals surface area contributed by atoms with Crippen molar-refractivity contribution in [1.82, 2.24) is 9.80 Å². The van der Waals surface area contributed by atoms with E-state index >= 15 is 0 Å². The maximum Gasteiger partial charge on any atom is 0.501 e. The average molecular weight is 501 g/mol. The third-order valence-corrected chi connectivity index (χ3v) is 8.92. The predicted molar refractivity (Wildman–Crippen MR) is 113 cm³/mol. The summed E-state index contributed by atoms with van der Waals surface area (Å²) in [5.41, 5.74) is -4.26. The molecule has 0 unspecified atom stereocenters. The zero-order valence-electron chi connectivity index (χ0n) is 17.1. The first kappa shape index (κ1) is 23.5. The quantitative estimate of drug-likeness (QED) is 0.641. The third-order valence-electron chi connectivity index (χ3n) is 5.60. The Balaban J connectivity index is 1.38. The van der Waals surface area contributed by atoms with Gasteiger partial charge < -0.3 is 4.90 Å². The summed E-state index contributed by atoms with van der Waals surface area (Å²) >= 11 is 0. The molecule has 0 atom stereocenters. The number of fused-ring (bicyclic) bond motifs is 1. The standard InChI is InChI=1S/C21H19F3N2O5S2/c22-21(23,24)33(30,31)17-7-5-15(6-8-17)14-25-9-11-26(12-10-25)20(27)19-13-16-3-1-2-4-18(16)32(19,28)29/h1-8,13H,9-12,14H2. The van der Waals surface area contributed by atoms with Crippen molar-refractivity contribution in [2.75, 3.05) is 26.2 Å². The van der Waals surface area contributed by atoms with Crippen molar-refractivity contribution in [2.24, 2.45) is 0 Å². The minimum atomic E-state index is -5.39. The van der Waals surface area contributed by atoms with E-state index in [-0.39, 0.29) is 22.9 Å². The second kappa shape index (κ2) is 8.26. The van der Waals surface area contributed by atoms with Gasteiger partial charge >= 0.3 is 5.51 Å². The number of amides is 1. The lowest BCUT2D eigenvalue weighted by Gasteiger charge is -2.34. The summed E-state index contributed by atoms with van der Waals surface area (Å²) < 4.78 is 86.3. The van der Waals surface area contributed by atoms with Gasteiger partial charge in [-0.05, 0) is 35.4 Å². The largest absolute Gasteiger partial charge is 0.501 e. The van der Waals surface area contributed by atoms with Crippen LogP contribution < -0.4 is 0 Å². The Kier molecular flexibility index (Phi) is 5.87. The van der Waals surface area contributed by atoms with Gasteiger partial charge in [0.15, 0.2) is 0 Å². The first-order valence-electron chi connectivity index (χ1n) is 9.89. The molecule has 7 nitrogen and oxygen atoms in total. The zero-order chi connectivity index (χ0) is 24.0. The monoisotopic (exact) mass is 500 g/mol. The maximum absolute atomic E-state index is 12.9. The van der Waals surface area contributed by atoms with Crippen molar-refractivity contribution in [2.45, 2.75) is 21.8 Å². The second-order valence-electron chi connectivity index (χ2n) is 7.71. The molecule has 2 heterocycles. The normalized spacial score (nSPS) is 18.6. The predicted octanol–water partition coefficient (Wildman–Crippen LogP) is 2.45. The fourth-order valence-corrected chi connectivity index (χ4v) is 6.12. The lowest BCUT2D eigenvalue weighted by molar-refractivity contribution is -0.128. The molecule has 0 bridgehead atoms. The van der Waals surface area contributed by atoms with Crippen LogP contribution in [0, 0.1) is 0 Å². The van der Waals surface area contributed by atoms with Crippen LogP contribution in [0.2, 0.25) is 0 Å². The van der Waals surface area contributed by atoms with Crippen molar-refractivity contribution in [3.8, 4) is 0 Å². The molecule has 2 aromatic carbocycles. The minimum Gasteiger partial charge on any atom is -0.335 e. The van der Waals surface area contributed by atoms with Crippen LogP contribution in [0.25, 0.3) is 6.08 Å². The van der Waals surface area contributed by atoms with Gasteiger partial charge in [-0.15, -0.1) is 0 Å². The van der Waals surface area contributed by atoms with Gasteiger partial charge in [0.1, 0.15) is 4.91 Å². The molecule has 2 aromatic rings. The van der Waals surface area contributed by atoms with Crippen LogP contribution in [0.15, 0.2) is 63.2 Å². The highest BCUT2D eigenvalue weighted by Gasteiger charge is 2.46. The van der Waals surface area contributed by atoms with Gasteiger partial charge in [-0.1, -0.05) is 30.3 Å². The molecule has 0 aliphatic carbocycles. The molecule has 4 rings (SSSR count). The molecule has 176 valence electrons. The number of carbonyl (C=O) groups excluding carboxylic acids is 1. The van der Waals surface area contributed by atoms with Crippen molar-refractivity contribution in [3.05, 3.63) is 64.6 Å². The molecule has 0 radical (unpaired) electrons. The van der Waals surface area contributed by atoms with Crippen LogP contribution in [0.1, 0.15) is 11.1 Å². The highest BCUT2D eigenvalue weighted by Crippen LogP contribution is 2.34. The summed E-state index contributed by atoms with van der Waals surface area (Å²) in [6.07, 6.45) is 1.38. The molecular weight excluding hydrogens is 481 g/mol. The van der Waals surface area contributed by atoms with Gasteiger partial charge in [0, 0.05) is 32.7 Å². The Hall–Kier alpha value is -2.70. The molecule has 0 aromatic heterocycles. The van der Waals surface area contributed by atoms with Gasteiger partial charge in [0.25, 0.3) is 15.7 Å². The Labute approximate surface area is 189 Å². The highest BCUT2D eigenvalue weighted by molar-refractivity contribution is 7.96. The number of carbonyl (C=O) groups is 1. The van der Waals surface area contributed by atoms with Crippen LogP contribution in [-0.2, 0) is 31.0 Å². The molecule has 0 saturated carbocycles. The Morgan fingerprint density at radius 3 is 2.12 bits per heavy atom. The van der Waals surface area contributed by atoms with E-state index in [2.05, 4.69) is 0 Å². The number of rotatable bonds is 4. The zero-order valence-corrected chi connectivity index (χ0v) is 18.8. The Morgan fingerprint density at radius 1 is 0.939 bits per heavy atom. The number of piperazine rings is 1. The third kappa shape index (κ3) is 4.30. The van der Waals surface area contributed by atoms with E-state index in [4.69, 9.17) is 0 Å². The van der Waals surface area contributed by atoms with E-state index in [0.29, 0.717) is 30.8 Å². The van der Waals surface area contributed by atoms with E-state index in [0.717, 1.165) is 12.1 Å². The first-order valence-corrected chi connectivity index (χ1v) is 12.9. The molecule has 1 saturated heterocycles. The summed E-state index contributed by atoms with van der Waals surface area (Å²) in [7, 11) is -9.25. The van der Waals surface area contributed by atoms with Crippen LogP contribution in [-0.4, -0.2) is 64.2 Å². The van der Waals surface area contributed by atoms with E-state index < -0.39 is 36.0 Å². The van der Waals surface area contributed by atoms with E-state index in [1.807, 2.05) is 4.90 Å². The average Bonchev–Trinajstić information content (AvgIpc) is 3.04. The lowest BCUT2D eigenvalue weighted by atomic mass is 10.2. The fourth-order valence-electron chi connectivity index (χ4n) is 3.79. The first-order chi connectivity index (χ1) is 15.4. The van der Waals surface area contributed by atoms with Gasteiger partial charge in [-0.25, -0.2) is 16.8 Å². The molecule has 2 aliphatic rings. The number of benzene rings is 2. The van der Waals surface area contributed by atoms with Gasteiger partial charge in [0.2, 0.25) is 9.84 Å². The van der Waals surface area contributed by atoms with Crippen molar-refractivity contribution in [3.63, 3.8) is 0 Å². The summed E-state index contributed by atoms with van der Waals surface area (Å²) in [4.78, 5) is 15.3. The summed E-state index contributed by atoms with van der Waals surface area (Å²) in [5.74, 6) is -0.562. The number of nitrogens with zero attached hydrogens (tertiary/aromatic N) is 2. The van der Waals surface area contributed by atoms with Gasteiger partial charge in [0.05, 0.1) is 9.79 Å². The number of halogens is 3. The van der Waals surface area contributed by atoms with Crippen molar-refractivity contribution >= 4 is 31.7 Å². The second-order valence-corrected chi connectivity index (χ2v) is 11.5. The van der Waals surface area contributed by atoms with E-state index in [9.17, 15) is 34.8 Å².